The molecule has 7 heteroatoms. The van der Waals surface area contributed by atoms with Gasteiger partial charge < -0.3 is 24.5 Å². The fourth-order valence-corrected chi connectivity index (χ4v) is 3.04. The minimum absolute atomic E-state index is 0.203. The van der Waals surface area contributed by atoms with E-state index < -0.39 is 11.2 Å². The molecule has 0 saturated carbocycles. The molecule has 1 unspecified atom stereocenters. The summed E-state index contributed by atoms with van der Waals surface area (Å²) in [6.45, 7) is 4.73. The Balaban J connectivity index is 1.66. The fraction of sp³-hybridized carbons (Fsp3) is 0.556. The molecule has 0 aliphatic carbocycles. The van der Waals surface area contributed by atoms with Crippen LogP contribution in [0.5, 0.6) is 0 Å². The number of amides is 2. The zero-order valence-corrected chi connectivity index (χ0v) is 14.4. The van der Waals surface area contributed by atoms with Crippen LogP contribution in [0.4, 0.5) is 4.79 Å². The summed E-state index contributed by atoms with van der Waals surface area (Å²) in [6, 6.07) is 3.21. The van der Waals surface area contributed by atoms with Crippen LogP contribution in [-0.2, 0) is 4.74 Å². The molecule has 2 N–H and O–H groups in total. The first kappa shape index (κ1) is 17.4. The lowest BCUT2D eigenvalue weighted by molar-refractivity contribution is 0.0435. The van der Waals surface area contributed by atoms with Gasteiger partial charge in [-0.2, -0.15) is 0 Å². The quantitative estimate of drug-likeness (QED) is 0.752. The molecule has 1 atom stereocenters. The Labute approximate surface area is 146 Å². The standard InChI is InChI=1S/C18H22N2O5/c1-17(2,23)8-6-13-4-5-14(24-13)15(21)20-10-3-7-18(9-11-20)12-19-16(22)25-18/h4-5,23H,3,7,9-12H2,1-2H3,(H,19,22). The smallest absolute Gasteiger partial charge is 0.407 e. The average molecular weight is 346 g/mol. The maximum atomic E-state index is 12.6. The highest BCUT2D eigenvalue weighted by Gasteiger charge is 2.42. The van der Waals surface area contributed by atoms with Crippen molar-refractivity contribution in [1.29, 1.82) is 0 Å². The van der Waals surface area contributed by atoms with Gasteiger partial charge in [0.15, 0.2) is 11.5 Å². The maximum absolute atomic E-state index is 12.6. The normalized spacial score (nSPS) is 23.5. The maximum Gasteiger partial charge on any atom is 0.407 e. The van der Waals surface area contributed by atoms with Crippen LogP contribution in [-0.4, -0.2) is 52.8 Å². The highest BCUT2D eigenvalue weighted by molar-refractivity contribution is 5.91. The number of aliphatic hydroxyl groups is 1. The van der Waals surface area contributed by atoms with E-state index in [1.165, 1.54) is 0 Å². The first-order chi connectivity index (χ1) is 11.8. The first-order valence-electron chi connectivity index (χ1n) is 8.38. The van der Waals surface area contributed by atoms with Gasteiger partial charge in [0.05, 0.1) is 6.54 Å². The third-order valence-electron chi connectivity index (χ3n) is 4.36. The summed E-state index contributed by atoms with van der Waals surface area (Å²) in [6.07, 6.45) is 1.70. The Bertz CT molecular complexity index is 737. The molecule has 134 valence electrons. The molecule has 2 aliphatic rings. The third kappa shape index (κ3) is 4.15. The molecule has 0 aromatic carbocycles. The van der Waals surface area contributed by atoms with Crippen molar-refractivity contribution in [2.75, 3.05) is 19.6 Å². The van der Waals surface area contributed by atoms with Crippen molar-refractivity contribution in [2.45, 2.75) is 44.3 Å². The van der Waals surface area contributed by atoms with Crippen molar-refractivity contribution < 1.29 is 23.8 Å². The van der Waals surface area contributed by atoms with E-state index in [9.17, 15) is 14.7 Å². The van der Waals surface area contributed by atoms with Crippen LogP contribution in [0.15, 0.2) is 16.5 Å². The number of furan rings is 1. The van der Waals surface area contributed by atoms with Gasteiger partial charge in [0, 0.05) is 19.5 Å². The fourth-order valence-electron chi connectivity index (χ4n) is 3.04. The predicted octanol–water partition coefficient (Wildman–Crippen LogP) is 1.51. The molecular weight excluding hydrogens is 324 g/mol. The van der Waals surface area contributed by atoms with E-state index in [-0.39, 0.29) is 17.8 Å². The molecule has 3 rings (SSSR count). The number of nitrogens with one attached hydrogen (secondary N) is 1. The van der Waals surface area contributed by atoms with Crippen molar-refractivity contribution in [3.63, 3.8) is 0 Å². The van der Waals surface area contributed by atoms with Crippen LogP contribution < -0.4 is 5.32 Å². The summed E-state index contributed by atoms with van der Waals surface area (Å²) >= 11 is 0. The molecule has 2 saturated heterocycles. The molecule has 1 aromatic rings. The second kappa shape index (κ2) is 6.45. The molecular formula is C18H22N2O5. The molecule has 1 spiro atoms. The zero-order chi connectivity index (χ0) is 18.1. The van der Waals surface area contributed by atoms with Crippen LogP contribution >= 0.6 is 0 Å². The molecule has 1 aromatic heterocycles. The second-order valence-corrected chi connectivity index (χ2v) is 7.04. The number of rotatable bonds is 1. The number of ether oxygens (including phenoxy) is 1. The molecule has 7 nitrogen and oxygen atoms in total. The van der Waals surface area contributed by atoms with Crippen molar-refractivity contribution in [2.24, 2.45) is 0 Å². The van der Waals surface area contributed by atoms with E-state index in [2.05, 4.69) is 17.2 Å². The molecule has 3 heterocycles. The Morgan fingerprint density at radius 1 is 1.36 bits per heavy atom. The van der Waals surface area contributed by atoms with E-state index in [4.69, 9.17) is 9.15 Å². The van der Waals surface area contributed by atoms with Crippen molar-refractivity contribution >= 4 is 12.0 Å². The van der Waals surface area contributed by atoms with Crippen molar-refractivity contribution in [3.05, 3.63) is 23.7 Å². The number of nitrogens with zero attached hydrogens (tertiary/aromatic N) is 1. The van der Waals surface area contributed by atoms with Crippen LogP contribution in [0.2, 0.25) is 0 Å². The van der Waals surface area contributed by atoms with Gasteiger partial charge >= 0.3 is 6.09 Å². The Morgan fingerprint density at radius 2 is 2.16 bits per heavy atom. The van der Waals surface area contributed by atoms with Crippen molar-refractivity contribution in [1.82, 2.24) is 10.2 Å². The summed E-state index contributed by atoms with van der Waals surface area (Å²) in [4.78, 5) is 25.7. The molecule has 0 bridgehead atoms. The van der Waals surface area contributed by atoms with Gasteiger partial charge in [-0.3, -0.25) is 4.79 Å². The molecule has 2 amide bonds. The SMILES string of the molecule is CC(C)(O)C#Cc1ccc(C(=O)N2CCCC3(CC2)CNC(=O)O3)o1. The Morgan fingerprint density at radius 3 is 2.84 bits per heavy atom. The van der Waals surface area contributed by atoms with E-state index >= 15 is 0 Å². The summed E-state index contributed by atoms with van der Waals surface area (Å²) in [5.74, 6) is 5.72. The highest BCUT2D eigenvalue weighted by Crippen LogP contribution is 2.29. The summed E-state index contributed by atoms with van der Waals surface area (Å²) in [5.41, 5.74) is -1.62. The van der Waals surface area contributed by atoms with Crippen LogP contribution in [0, 0.1) is 11.8 Å². The third-order valence-corrected chi connectivity index (χ3v) is 4.36. The van der Waals surface area contributed by atoms with E-state index in [1.807, 2.05) is 0 Å². The Kier molecular flexibility index (Phi) is 4.48. The van der Waals surface area contributed by atoms with E-state index in [0.29, 0.717) is 31.8 Å². The van der Waals surface area contributed by atoms with Gasteiger partial charge in [0.1, 0.15) is 11.2 Å². The lowest BCUT2D eigenvalue weighted by atomic mass is 9.95. The van der Waals surface area contributed by atoms with Gasteiger partial charge in [-0.25, -0.2) is 4.79 Å². The number of carbonyl (C=O) groups is 2. The van der Waals surface area contributed by atoms with Crippen molar-refractivity contribution in [3.8, 4) is 11.8 Å². The molecule has 2 aliphatic heterocycles. The number of hydrogen-bond acceptors (Lipinski definition) is 5. The minimum atomic E-state index is -1.12. The summed E-state index contributed by atoms with van der Waals surface area (Å²) < 4.78 is 10.9. The average Bonchev–Trinajstić information content (AvgIpc) is 3.09. The first-order valence-corrected chi connectivity index (χ1v) is 8.38. The van der Waals surface area contributed by atoms with E-state index in [0.717, 1.165) is 12.8 Å². The number of carbonyl (C=O) groups excluding carboxylic acids is 2. The lowest BCUT2D eigenvalue weighted by Gasteiger charge is -2.24. The second-order valence-electron chi connectivity index (χ2n) is 7.04. The number of alkyl carbamates (subject to hydrolysis) is 1. The van der Waals surface area contributed by atoms with Gasteiger partial charge in [-0.05, 0) is 44.7 Å². The molecule has 0 radical (unpaired) electrons. The monoisotopic (exact) mass is 346 g/mol. The number of likely N-dealkylation sites (tertiary alicyclic amines) is 1. The topological polar surface area (TPSA) is 92.0 Å². The van der Waals surface area contributed by atoms with Crippen LogP contribution in [0.25, 0.3) is 0 Å². The highest BCUT2D eigenvalue weighted by atomic mass is 16.6. The van der Waals surface area contributed by atoms with Crippen LogP contribution in [0.1, 0.15) is 49.4 Å². The van der Waals surface area contributed by atoms with Gasteiger partial charge in [0.2, 0.25) is 0 Å². The van der Waals surface area contributed by atoms with Crippen LogP contribution in [0.3, 0.4) is 0 Å². The lowest BCUT2D eigenvalue weighted by Crippen LogP contribution is -2.36. The summed E-state index contributed by atoms with van der Waals surface area (Å²) in [5, 5.41) is 12.3. The predicted molar refractivity (Wildman–Crippen MR) is 88.9 cm³/mol. The molecule has 2 fully saturated rings. The largest absolute Gasteiger partial charge is 0.443 e. The summed E-state index contributed by atoms with van der Waals surface area (Å²) in [7, 11) is 0. The van der Waals surface area contributed by atoms with Gasteiger partial charge in [-0.1, -0.05) is 5.92 Å². The van der Waals surface area contributed by atoms with Gasteiger partial charge in [0.25, 0.3) is 5.91 Å². The molecule has 25 heavy (non-hydrogen) atoms. The Hall–Kier alpha value is -2.46. The zero-order valence-electron chi connectivity index (χ0n) is 14.4. The number of hydrogen-bond donors (Lipinski definition) is 2. The van der Waals surface area contributed by atoms with Gasteiger partial charge in [-0.15, -0.1) is 0 Å². The minimum Gasteiger partial charge on any atom is -0.443 e. The van der Waals surface area contributed by atoms with E-state index in [1.54, 1.807) is 30.9 Å².